The Morgan fingerprint density at radius 2 is 2.06 bits per heavy atom. The molecule has 2 aliphatic rings. The molecule has 1 aliphatic heterocycles. The minimum atomic E-state index is -2.86. The lowest BCUT2D eigenvalue weighted by atomic mass is 10.2. The van der Waals surface area contributed by atoms with Crippen LogP contribution in [0.5, 0.6) is 0 Å². The summed E-state index contributed by atoms with van der Waals surface area (Å²) in [5.41, 5.74) is 0. The predicted molar refractivity (Wildman–Crippen MR) is 65.3 cm³/mol. The van der Waals surface area contributed by atoms with Gasteiger partial charge in [-0.1, -0.05) is 0 Å². The van der Waals surface area contributed by atoms with E-state index in [1.807, 2.05) is 6.92 Å². The van der Waals surface area contributed by atoms with Crippen LogP contribution in [0, 0.1) is 0 Å². The SMILES string of the molecule is CC(CS(C)(=O)=O)NC1CCN(C2CC2)C1. The molecule has 2 atom stereocenters. The van der Waals surface area contributed by atoms with Gasteiger partial charge < -0.3 is 5.32 Å². The number of nitrogens with one attached hydrogen (secondary N) is 1. The fourth-order valence-electron chi connectivity index (χ4n) is 2.60. The fraction of sp³-hybridized carbons (Fsp3) is 1.00. The van der Waals surface area contributed by atoms with Crippen LogP contribution in [-0.4, -0.2) is 56.5 Å². The molecule has 0 aromatic heterocycles. The number of nitrogens with zero attached hydrogens (tertiary/aromatic N) is 1. The third kappa shape index (κ3) is 3.71. The van der Waals surface area contributed by atoms with Crippen molar-refractivity contribution in [1.82, 2.24) is 10.2 Å². The van der Waals surface area contributed by atoms with E-state index in [4.69, 9.17) is 0 Å². The molecule has 0 radical (unpaired) electrons. The van der Waals surface area contributed by atoms with Crippen LogP contribution in [0.4, 0.5) is 0 Å². The summed E-state index contributed by atoms with van der Waals surface area (Å²) in [4.78, 5) is 2.53. The summed E-state index contributed by atoms with van der Waals surface area (Å²) in [5.74, 6) is 0.243. The Balaban J connectivity index is 1.73. The molecule has 4 nitrogen and oxygen atoms in total. The van der Waals surface area contributed by atoms with Crippen molar-refractivity contribution < 1.29 is 8.42 Å². The molecule has 0 amide bonds. The molecule has 1 saturated carbocycles. The molecule has 1 heterocycles. The highest BCUT2D eigenvalue weighted by molar-refractivity contribution is 7.90. The maximum atomic E-state index is 11.1. The largest absolute Gasteiger partial charge is 0.309 e. The Bertz CT molecular complexity index is 338. The topological polar surface area (TPSA) is 49.4 Å². The molecule has 0 bridgehead atoms. The van der Waals surface area contributed by atoms with Gasteiger partial charge in [0.1, 0.15) is 9.84 Å². The van der Waals surface area contributed by atoms with Gasteiger partial charge in [-0.15, -0.1) is 0 Å². The number of likely N-dealkylation sites (tertiary alicyclic amines) is 1. The van der Waals surface area contributed by atoms with E-state index in [0.717, 1.165) is 19.0 Å². The predicted octanol–water partition coefficient (Wildman–Crippen LogP) is 0.246. The van der Waals surface area contributed by atoms with E-state index in [9.17, 15) is 8.42 Å². The lowest BCUT2D eigenvalue weighted by Crippen LogP contribution is -2.42. The molecule has 2 unspecified atom stereocenters. The Kier molecular flexibility index (Phi) is 3.56. The number of hydrogen-bond donors (Lipinski definition) is 1. The first-order valence-electron chi connectivity index (χ1n) is 6.12. The van der Waals surface area contributed by atoms with Crippen LogP contribution in [0.25, 0.3) is 0 Å². The molecule has 0 aromatic rings. The van der Waals surface area contributed by atoms with Gasteiger partial charge in [0, 0.05) is 37.5 Å². The first-order chi connectivity index (χ1) is 7.44. The zero-order valence-corrected chi connectivity index (χ0v) is 11.0. The van der Waals surface area contributed by atoms with Crippen LogP contribution in [0.3, 0.4) is 0 Å². The van der Waals surface area contributed by atoms with Crippen LogP contribution in [0.15, 0.2) is 0 Å². The van der Waals surface area contributed by atoms with Gasteiger partial charge in [0.25, 0.3) is 0 Å². The maximum absolute atomic E-state index is 11.1. The maximum Gasteiger partial charge on any atom is 0.148 e. The Labute approximate surface area is 98.3 Å². The van der Waals surface area contributed by atoms with Crippen LogP contribution < -0.4 is 5.32 Å². The van der Waals surface area contributed by atoms with Gasteiger partial charge in [-0.2, -0.15) is 0 Å². The summed E-state index contributed by atoms with van der Waals surface area (Å²) in [6, 6.07) is 1.38. The van der Waals surface area contributed by atoms with Gasteiger partial charge >= 0.3 is 0 Å². The molecule has 2 rings (SSSR count). The number of sulfone groups is 1. The second-order valence-corrected chi connectivity index (χ2v) is 7.56. The highest BCUT2D eigenvalue weighted by Gasteiger charge is 2.34. The van der Waals surface area contributed by atoms with Crippen molar-refractivity contribution in [2.24, 2.45) is 0 Å². The van der Waals surface area contributed by atoms with Crippen molar-refractivity contribution in [3.63, 3.8) is 0 Å². The molecule has 1 saturated heterocycles. The van der Waals surface area contributed by atoms with Crippen molar-refractivity contribution in [2.75, 3.05) is 25.1 Å². The molecule has 94 valence electrons. The molecule has 16 heavy (non-hydrogen) atoms. The molecule has 1 aliphatic carbocycles. The first-order valence-corrected chi connectivity index (χ1v) is 8.18. The number of rotatable bonds is 5. The van der Waals surface area contributed by atoms with E-state index in [1.165, 1.54) is 25.6 Å². The zero-order chi connectivity index (χ0) is 11.8. The third-order valence-electron chi connectivity index (χ3n) is 3.36. The highest BCUT2D eigenvalue weighted by Crippen LogP contribution is 2.29. The molecule has 1 N–H and O–H groups in total. The van der Waals surface area contributed by atoms with E-state index in [1.54, 1.807) is 0 Å². The molecule has 2 fully saturated rings. The summed E-state index contributed by atoms with van der Waals surface area (Å²) in [7, 11) is -2.86. The Hall–Kier alpha value is -0.130. The summed E-state index contributed by atoms with van der Waals surface area (Å²) in [6.45, 7) is 4.23. The molecule has 0 spiro atoms. The minimum absolute atomic E-state index is 0.0687. The normalized spacial score (nSPS) is 29.5. The second kappa shape index (κ2) is 4.63. The molecular formula is C11H22N2O2S. The van der Waals surface area contributed by atoms with E-state index < -0.39 is 9.84 Å². The van der Waals surface area contributed by atoms with Crippen molar-refractivity contribution in [3.8, 4) is 0 Å². The summed E-state index contributed by atoms with van der Waals surface area (Å²) in [6.07, 6.45) is 5.16. The fourth-order valence-corrected chi connectivity index (χ4v) is 3.60. The van der Waals surface area contributed by atoms with Gasteiger partial charge in [-0.25, -0.2) is 8.42 Å². The zero-order valence-electron chi connectivity index (χ0n) is 10.1. The average molecular weight is 246 g/mol. The van der Waals surface area contributed by atoms with Crippen LogP contribution in [0.1, 0.15) is 26.2 Å². The second-order valence-electron chi connectivity index (χ2n) is 5.37. The summed E-state index contributed by atoms with van der Waals surface area (Å²) in [5, 5.41) is 3.43. The van der Waals surface area contributed by atoms with Gasteiger partial charge in [0.05, 0.1) is 5.75 Å². The van der Waals surface area contributed by atoms with E-state index in [2.05, 4.69) is 10.2 Å². The average Bonchev–Trinajstić information content (AvgIpc) is 2.85. The highest BCUT2D eigenvalue weighted by atomic mass is 32.2. The van der Waals surface area contributed by atoms with Gasteiger partial charge in [-0.05, 0) is 26.2 Å². The molecule has 5 heteroatoms. The van der Waals surface area contributed by atoms with Crippen LogP contribution in [-0.2, 0) is 9.84 Å². The molecule has 0 aromatic carbocycles. The van der Waals surface area contributed by atoms with Gasteiger partial charge in [-0.3, -0.25) is 4.90 Å². The van der Waals surface area contributed by atoms with Crippen molar-refractivity contribution in [1.29, 1.82) is 0 Å². The Morgan fingerprint density at radius 1 is 1.38 bits per heavy atom. The Morgan fingerprint density at radius 3 is 2.62 bits per heavy atom. The monoisotopic (exact) mass is 246 g/mol. The van der Waals surface area contributed by atoms with Crippen LogP contribution >= 0.6 is 0 Å². The quantitative estimate of drug-likeness (QED) is 0.755. The minimum Gasteiger partial charge on any atom is -0.309 e. The lowest BCUT2D eigenvalue weighted by Gasteiger charge is -2.19. The number of hydrogen-bond acceptors (Lipinski definition) is 4. The van der Waals surface area contributed by atoms with Crippen LogP contribution in [0.2, 0.25) is 0 Å². The van der Waals surface area contributed by atoms with Crippen molar-refractivity contribution in [3.05, 3.63) is 0 Å². The summed E-state index contributed by atoms with van der Waals surface area (Å²) >= 11 is 0. The first kappa shape index (κ1) is 12.3. The third-order valence-corrected chi connectivity index (χ3v) is 4.46. The van der Waals surface area contributed by atoms with Crippen molar-refractivity contribution >= 4 is 9.84 Å². The standard InChI is InChI=1S/C11H22N2O2S/c1-9(8-16(2,14)15)12-10-5-6-13(7-10)11-3-4-11/h9-12H,3-8H2,1-2H3. The van der Waals surface area contributed by atoms with E-state index >= 15 is 0 Å². The summed E-state index contributed by atoms with van der Waals surface area (Å²) < 4.78 is 22.3. The van der Waals surface area contributed by atoms with E-state index in [-0.39, 0.29) is 11.8 Å². The smallest absolute Gasteiger partial charge is 0.148 e. The lowest BCUT2D eigenvalue weighted by molar-refractivity contribution is 0.314. The van der Waals surface area contributed by atoms with E-state index in [0.29, 0.717) is 6.04 Å². The van der Waals surface area contributed by atoms with Gasteiger partial charge in [0.2, 0.25) is 0 Å². The molecular weight excluding hydrogens is 224 g/mol. The van der Waals surface area contributed by atoms with Crippen molar-refractivity contribution in [2.45, 2.75) is 44.3 Å². The van der Waals surface area contributed by atoms with Gasteiger partial charge in [0.15, 0.2) is 0 Å².